The van der Waals surface area contributed by atoms with E-state index in [1.54, 1.807) is 0 Å². The van der Waals surface area contributed by atoms with E-state index in [4.69, 9.17) is 0 Å². The first kappa shape index (κ1) is 22.1. The van der Waals surface area contributed by atoms with Crippen molar-refractivity contribution in [3.05, 3.63) is 57.6 Å². The fourth-order valence-corrected chi connectivity index (χ4v) is 3.40. The van der Waals surface area contributed by atoms with Gasteiger partial charge in [0.05, 0.1) is 16.2 Å². The number of benzene rings is 2. The van der Waals surface area contributed by atoms with Gasteiger partial charge in [-0.2, -0.15) is 13.2 Å². The summed E-state index contributed by atoms with van der Waals surface area (Å²) in [5.41, 5.74) is -1.83. The number of halogens is 3. The fourth-order valence-electron chi connectivity index (χ4n) is 3.40. The van der Waals surface area contributed by atoms with E-state index < -0.39 is 34.2 Å². The number of nitro groups is 1. The maximum Gasteiger partial charge on any atom is 0.418 e. The molecule has 8 nitrogen and oxygen atoms in total. The van der Waals surface area contributed by atoms with Gasteiger partial charge in [0.1, 0.15) is 5.69 Å². The standard InChI is InChI=1S/C20H19F3N4O4/c1-12(28)24-14-5-6-16(15(11-14)20(21,22)23)25-19(29)13-4-7-17(18(10-13)27(30)31)26-8-2-3-9-26/h4-7,10-11H,2-3,8-9H2,1H3,(H,24,28)(H,25,29). The van der Waals surface area contributed by atoms with Gasteiger partial charge in [0.25, 0.3) is 11.6 Å². The molecule has 0 atom stereocenters. The Hall–Kier alpha value is -3.63. The zero-order chi connectivity index (χ0) is 22.8. The normalized spacial score (nSPS) is 13.7. The first-order chi connectivity index (χ1) is 14.6. The van der Waals surface area contributed by atoms with E-state index in [2.05, 4.69) is 10.6 Å². The van der Waals surface area contributed by atoms with Crippen LogP contribution in [0.4, 0.5) is 35.9 Å². The molecule has 2 N–H and O–H groups in total. The lowest BCUT2D eigenvalue weighted by Crippen LogP contribution is -2.20. The predicted octanol–water partition coefficient (Wildman–Crippen LogP) is 4.42. The van der Waals surface area contributed by atoms with E-state index in [0.717, 1.165) is 31.9 Å². The van der Waals surface area contributed by atoms with Crippen molar-refractivity contribution in [2.75, 3.05) is 28.6 Å². The van der Waals surface area contributed by atoms with Crippen LogP contribution >= 0.6 is 0 Å². The average Bonchev–Trinajstić information content (AvgIpc) is 3.22. The van der Waals surface area contributed by atoms with Crippen LogP contribution in [0.2, 0.25) is 0 Å². The summed E-state index contributed by atoms with van der Waals surface area (Å²) >= 11 is 0. The van der Waals surface area contributed by atoms with E-state index in [-0.39, 0.29) is 16.9 Å². The average molecular weight is 436 g/mol. The number of amides is 2. The fraction of sp³-hybridized carbons (Fsp3) is 0.300. The molecule has 0 saturated carbocycles. The molecule has 1 saturated heterocycles. The molecule has 0 unspecified atom stereocenters. The molecular weight excluding hydrogens is 417 g/mol. The van der Waals surface area contributed by atoms with Crippen molar-refractivity contribution >= 4 is 34.6 Å². The lowest BCUT2D eigenvalue weighted by atomic mass is 10.1. The molecule has 1 heterocycles. The van der Waals surface area contributed by atoms with Gasteiger partial charge in [-0.3, -0.25) is 19.7 Å². The van der Waals surface area contributed by atoms with Gasteiger partial charge in [-0.05, 0) is 43.2 Å². The Kier molecular flexibility index (Phi) is 6.14. The summed E-state index contributed by atoms with van der Waals surface area (Å²) in [5, 5.41) is 15.9. The number of nitrogens with zero attached hydrogens (tertiary/aromatic N) is 2. The smallest absolute Gasteiger partial charge is 0.366 e. The topological polar surface area (TPSA) is 105 Å². The molecule has 164 valence electrons. The molecule has 1 aliphatic heterocycles. The summed E-state index contributed by atoms with van der Waals surface area (Å²) in [4.78, 5) is 36.4. The van der Waals surface area contributed by atoms with Gasteiger partial charge in [0, 0.05) is 37.3 Å². The second-order valence-corrected chi connectivity index (χ2v) is 7.05. The molecule has 0 spiro atoms. The summed E-state index contributed by atoms with van der Waals surface area (Å²) in [7, 11) is 0. The van der Waals surface area contributed by atoms with Gasteiger partial charge in [-0.25, -0.2) is 0 Å². The number of hydrogen-bond acceptors (Lipinski definition) is 5. The number of hydrogen-bond donors (Lipinski definition) is 2. The largest absolute Gasteiger partial charge is 0.418 e. The second-order valence-electron chi connectivity index (χ2n) is 7.05. The highest BCUT2D eigenvalue weighted by molar-refractivity contribution is 6.05. The quantitative estimate of drug-likeness (QED) is 0.533. The molecule has 2 amide bonds. The molecule has 3 rings (SSSR count). The number of nitrogens with one attached hydrogen (secondary N) is 2. The predicted molar refractivity (Wildman–Crippen MR) is 108 cm³/mol. The Labute approximate surface area is 175 Å². The Bertz CT molecular complexity index is 1030. The van der Waals surface area contributed by atoms with Crippen molar-refractivity contribution in [3.8, 4) is 0 Å². The van der Waals surface area contributed by atoms with E-state index in [1.165, 1.54) is 18.2 Å². The molecule has 2 aromatic rings. The Morgan fingerprint density at radius 1 is 1.06 bits per heavy atom. The number of rotatable bonds is 5. The summed E-state index contributed by atoms with van der Waals surface area (Å²) in [5.74, 6) is -1.47. The Balaban J connectivity index is 1.91. The van der Waals surface area contributed by atoms with Crippen molar-refractivity contribution in [1.29, 1.82) is 0 Å². The van der Waals surface area contributed by atoms with Crippen LogP contribution in [0.15, 0.2) is 36.4 Å². The number of carbonyl (C=O) groups is 2. The lowest BCUT2D eigenvalue weighted by molar-refractivity contribution is -0.384. The van der Waals surface area contributed by atoms with E-state index in [9.17, 15) is 32.9 Å². The van der Waals surface area contributed by atoms with E-state index in [0.29, 0.717) is 24.8 Å². The van der Waals surface area contributed by atoms with E-state index in [1.807, 2.05) is 4.90 Å². The van der Waals surface area contributed by atoms with Gasteiger partial charge in [0.15, 0.2) is 0 Å². The molecule has 1 aliphatic rings. The minimum atomic E-state index is -4.80. The van der Waals surface area contributed by atoms with Crippen LogP contribution in [-0.2, 0) is 11.0 Å². The van der Waals surface area contributed by atoms with Gasteiger partial charge < -0.3 is 15.5 Å². The van der Waals surface area contributed by atoms with Crippen molar-refractivity contribution in [3.63, 3.8) is 0 Å². The first-order valence-corrected chi connectivity index (χ1v) is 9.40. The first-order valence-electron chi connectivity index (χ1n) is 9.40. The number of carbonyl (C=O) groups excluding carboxylic acids is 2. The van der Waals surface area contributed by atoms with Crippen molar-refractivity contribution in [1.82, 2.24) is 0 Å². The van der Waals surface area contributed by atoms with Crippen LogP contribution in [0.3, 0.4) is 0 Å². The lowest BCUT2D eigenvalue weighted by Gasteiger charge is -2.18. The molecule has 0 aliphatic carbocycles. The van der Waals surface area contributed by atoms with Crippen LogP contribution in [0.1, 0.15) is 35.7 Å². The summed E-state index contributed by atoms with van der Waals surface area (Å²) in [6.07, 6.45) is -3.01. The minimum absolute atomic E-state index is 0.0802. The van der Waals surface area contributed by atoms with Gasteiger partial charge in [-0.15, -0.1) is 0 Å². The SMILES string of the molecule is CC(=O)Nc1ccc(NC(=O)c2ccc(N3CCCC3)c([N+](=O)[O-])c2)c(C(F)(F)F)c1. The molecule has 31 heavy (non-hydrogen) atoms. The van der Waals surface area contributed by atoms with Crippen molar-refractivity contribution in [2.24, 2.45) is 0 Å². The zero-order valence-electron chi connectivity index (χ0n) is 16.5. The third-order valence-corrected chi connectivity index (χ3v) is 4.77. The maximum absolute atomic E-state index is 13.5. The molecule has 0 radical (unpaired) electrons. The highest BCUT2D eigenvalue weighted by Gasteiger charge is 2.34. The highest BCUT2D eigenvalue weighted by Crippen LogP contribution is 2.37. The molecule has 11 heteroatoms. The molecule has 1 fully saturated rings. The monoisotopic (exact) mass is 436 g/mol. The summed E-state index contributed by atoms with van der Waals surface area (Å²) in [6, 6.07) is 6.76. The second kappa shape index (κ2) is 8.62. The minimum Gasteiger partial charge on any atom is -0.366 e. The van der Waals surface area contributed by atoms with Crippen LogP contribution in [-0.4, -0.2) is 29.8 Å². The van der Waals surface area contributed by atoms with Gasteiger partial charge >= 0.3 is 6.18 Å². The van der Waals surface area contributed by atoms with Crippen LogP contribution in [0, 0.1) is 10.1 Å². The molecule has 0 bridgehead atoms. The van der Waals surface area contributed by atoms with Gasteiger partial charge in [-0.1, -0.05) is 0 Å². The van der Waals surface area contributed by atoms with Crippen molar-refractivity contribution < 1.29 is 27.7 Å². The Morgan fingerprint density at radius 3 is 2.32 bits per heavy atom. The summed E-state index contributed by atoms with van der Waals surface area (Å²) < 4.78 is 40.4. The van der Waals surface area contributed by atoms with Gasteiger partial charge in [0.2, 0.25) is 5.91 Å². The number of alkyl halides is 3. The molecular formula is C20H19F3N4O4. The van der Waals surface area contributed by atoms with E-state index >= 15 is 0 Å². The molecule has 0 aromatic heterocycles. The third kappa shape index (κ3) is 5.11. The van der Waals surface area contributed by atoms with Crippen molar-refractivity contribution in [2.45, 2.75) is 25.9 Å². The summed E-state index contributed by atoms with van der Waals surface area (Å²) in [6.45, 7) is 2.46. The van der Waals surface area contributed by atoms with Crippen LogP contribution in [0.5, 0.6) is 0 Å². The zero-order valence-corrected chi connectivity index (χ0v) is 16.5. The number of nitro benzene ring substituents is 1. The molecule has 2 aromatic carbocycles. The third-order valence-electron chi connectivity index (χ3n) is 4.77. The maximum atomic E-state index is 13.5. The Morgan fingerprint density at radius 2 is 1.74 bits per heavy atom. The van der Waals surface area contributed by atoms with Crippen LogP contribution < -0.4 is 15.5 Å². The van der Waals surface area contributed by atoms with Crippen LogP contribution in [0.25, 0.3) is 0 Å². The highest BCUT2D eigenvalue weighted by atomic mass is 19.4. The number of anilines is 3.